The Labute approximate surface area is 122 Å². The average Bonchev–Trinajstić information content (AvgIpc) is 2.54. The van der Waals surface area contributed by atoms with Gasteiger partial charge in [0.15, 0.2) is 5.78 Å². The molecule has 4 heteroatoms. The lowest BCUT2D eigenvalue weighted by molar-refractivity contribution is -0.104. The summed E-state index contributed by atoms with van der Waals surface area (Å²) in [5.41, 5.74) is 1.31. The van der Waals surface area contributed by atoms with E-state index in [0.29, 0.717) is 11.8 Å². The molecule has 21 heavy (non-hydrogen) atoms. The second-order valence-corrected chi connectivity index (χ2v) is 3.86. The van der Waals surface area contributed by atoms with Crippen molar-refractivity contribution in [1.29, 1.82) is 0 Å². The zero-order valence-corrected chi connectivity index (χ0v) is 11.3. The Morgan fingerprint density at radius 1 is 1.19 bits per heavy atom. The third-order valence-electron chi connectivity index (χ3n) is 2.34. The molecule has 1 heterocycles. The van der Waals surface area contributed by atoms with Crippen LogP contribution in [0.4, 0.5) is 4.39 Å². The third kappa shape index (κ3) is 6.20. The highest BCUT2D eigenvalue weighted by atomic mass is 19.1. The van der Waals surface area contributed by atoms with Crippen LogP contribution in [0.5, 0.6) is 0 Å². The highest BCUT2D eigenvalue weighted by Gasteiger charge is 2.01. The number of hydrogen-bond donors (Lipinski definition) is 0. The number of ketones is 1. The minimum atomic E-state index is -0.349. The maximum atomic E-state index is 12.7. The number of carbonyl (C=O) groups excluding carboxylic acids is 2. The number of aldehydes is 1. The fourth-order valence-electron chi connectivity index (χ4n) is 1.36. The van der Waals surface area contributed by atoms with Gasteiger partial charge in [0.2, 0.25) is 0 Å². The van der Waals surface area contributed by atoms with E-state index in [0.717, 1.165) is 5.56 Å². The molecule has 0 atom stereocenters. The number of allylic oxidation sites excluding steroid dienone is 2. The Morgan fingerprint density at radius 2 is 1.86 bits per heavy atom. The fourth-order valence-corrected chi connectivity index (χ4v) is 1.36. The minimum Gasteiger partial charge on any atom is -0.299 e. The molecular weight excluding hydrogens is 269 g/mol. The van der Waals surface area contributed by atoms with Crippen molar-refractivity contribution >= 4 is 18.1 Å². The van der Waals surface area contributed by atoms with E-state index in [1.54, 1.807) is 24.5 Å². The number of hydrogen-bond acceptors (Lipinski definition) is 3. The van der Waals surface area contributed by atoms with Crippen molar-refractivity contribution in [3.05, 3.63) is 84.5 Å². The third-order valence-corrected chi connectivity index (χ3v) is 2.34. The van der Waals surface area contributed by atoms with Crippen LogP contribution in [0.15, 0.2) is 67.5 Å². The van der Waals surface area contributed by atoms with Crippen molar-refractivity contribution in [2.75, 3.05) is 0 Å². The summed E-state index contributed by atoms with van der Waals surface area (Å²) in [6.45, 7) is 3.11. The quantitative estimate of drug-likeness (QED) is 0.490. The first-order valence-corrected chi connectivity index (χ1v) is 6.11. The van der Waals surface area contributed by atoms with Gasteiger partial charge in [0.1, 0.15) is 12.1 Å². The molecule has 0 unspecified atom stereocenters. The summed E-state index contributed by atoms with van der Waals surface area (Å²) in [5.74, 6) is -0.508. The summed E-state index contributed by atoms with van der Waals surface area (Å²) in [7, 11) is 0. The summed E-state index contributed by atoms with van der Waals surface area (Å²) in [6.07, 6.45) is 8.29. The van der Waals surface area contributed by atoms with Crippen molar-refractivity contribution in [3.63, 3.8) is 0 Å². The summed E-state index contributed by atoms with van der Waals surface area (Å²) < 4.78 is 12.7. The molecule has 3 nitrogen and oxygen atoms in total. The molecule has 0 N–H and O–H groups in total. The molecule has 0 bridgehead atoms. The molecule has 0 saturated heterocycles. The van der Waals surface area contributed by atoms with Crippen LogP contribution in [0.3, 0.4) is 0 Å². The lowest BCUT2D eigenvalue weighted by Gasteiger charge is -1.95. The van der Waals surface area contributed by atoms with Gasteiger partial charge in [-0.3, -0.25) is 14.6 Å². The first-order chi connectivity index (χ1) is 10.2. The molecule has 1 aromatic carbocycles. The number of benzene rings is 1. The molecule has 2 aromatic rings. The van der Waals surface area contributed by atoms with Crippen molar-refractivity contribution in [3.8, 4) is 0 Å². The van der Waals surface area contributed by atoms with Crippen molar-refractivity contribution in [2.45, 2.75) is 0 Å². The van der Waals surface area contributed by atoms with Crippen molar-refractivity contribution in [2.24, 2.45) is 0 Å². The maximum Gasteiger partial charge on any atom is 0.185 e. The Kier molecular flexibility index (Phi) is 7.00. The first-order valence-electron chi connectivity index (χ1n) is 6.11. The molecule has 0 spiro atoms. The Balaban J connectivity index is 0.000000491. The van der Waals surface area contributed by atoms with E-state index >= 15 is 0 Å². The van der Waals surface area contributed by atoms with Gasteiger partial charge in [-0.25, -0.2) is 4.39 Å². The van der Waals surface area contributed by atoms with Gasteiger partial charge in [0, 0.05) is 18.0 Å². The van der Waals surface area contributed by atoms with E-state index in [9.17, 15) is 9.18 Å². The second kappa shape index (κ2) is 9.09. The Hall–Kier alpha value is -2.88. The number of carbonyl (C=O) groups is 2. The summed E-state index contributed by atoms with van der Waals surface area (Å²) in [6, 6.07) is 9.11. The smallest absolute Gasteiger partial charge is 0.185 e. The van der Waals surface area contributed by atoms with Crippen LogP contribution in [0.1, 0.15) is 15.9 Å². The fraction of sp³-hybridized carbons (Fsp3) is 0. The van der Waals surface area contributed by atoms with Crippen molar-refractivity contribution in [1.82, 2.24) is 4.98 Å². The van der Waals surface area contributed by atoms with Crippen LogP contribution < -0.4 is 0 Å². The molecule has 1 aromatic heterocycles. The van der Waals surface area contributed by atoms with E-state index < -0.39 is 0 Å². The van der Waals surface area contributed by atoms with E-state index in [2.05, 4.69) is 11.6 Å². The monoisotopic (exact) mass is 283 g/mol. The highest BCUT2D eigenvalue weighted by Crippen LogP contribution is 2.06. The van der Waals surface area contributed by atoms with E-state index in [4.69, 9.17) is 4.79 Å². The zero-order chi connectivity index (χ0) is 15.5. The standard InChI is InChI=1S/C14H10FNO.C3H4O/c15-13-6-4-12(5-7-13)14(17)8-3-11-2-1-9-16-10-11;1-2-3-4/h1-10H;2-3H,1H2/b8-3+;. The normalized spacial score (nSPS) is 9.57. The minimum absolute atomic E-state index is 0.158. The van der Waals surface area contributed by atoms with E-state index in [1.807, 2.05) is 6.07 Å². The molecule has 2 rings (SSSR count). The maximum absolute atomic E-state index is 12.7. The van der Waals surface area contributed by atoms with Gasteiger partial charge < -0.3 is 0 Å². The van der Waals surface area contributed by atoms with Crippen LogP contribution in [0.25, 0.3) is 6.08 Å². The van der Waals surface area contributed by atoms with Crippen LogP contribution >= 0.6 is 0 Å². The average molecular weight is 283 g/mol. The lowest BCUT2D eigenvalue weighted by atomic mass is 10.1. The molecular formula is C17H14FNO2. The van der Waals surface area contributed by atoms with Crippen LogP contribution in [-0.4, -0.2) is 17.1 Å². The summed E-state index contributed by atoms with van der Waals surface area (Å²) >= 11 is 0. The predicted molar refractivity (Wildman–Crippen MR) is 80.3 cm³/mol. The molecule has 0 aliphatic carbocycles. The van der Waals surface area contributed by atoms with Gasteiger partial charge in [0.25, 0.3) is 0 Å². The predicted octanol–water partition coefficient (Wildman–Crippen LogP) is 3.49. The van der Waals surface area contributed by atoms with Gasteiger partial charge in [-0.1, -0.05) is 12.6 Å². The summed E-state index contributed by atoms with van der Waals surface area (Å²) in [5, 5.41) is 0. The lowest BCUT2D eigenvalue weighted by Crippen LogP contribution is -1.93. The van der Waals surface area contributed by atoms with Gasteiger partial charge in [0.05, 0.1) is 0 Å². The number of halogens is 1. The Morgan fingerprint density at radius 3 is 2.38 bits per heavy atom. The number of rotatable bonds is 4. The van der Waals surface area contributed by atoms with Gasteiger partial charge >= 0.3 is 0 Å². The van der Waals surface area contributed by atoms with Crippen LogP contribution in [0.2, 0.25) is 0 Å². The zero-order valence-electron chi connectivity index (χ0n) is 11.3. The first kappa shape index (κ1) is 16.2. The number of aromatic nitrogens is 1. The molecule has 0 fully saturated rings. The topological polar surface area (TPSA) is 47.0 Å². The van der Waals surface area contributed by atoms with Crippen LogP contribution in [0, 0.1) is 5.82 Å². The van der Waals surface area contributed by atoms with E-state index in [-0.39, 0.29) is 11.6 Å². The molecule has 0 amide bonds. The largest absolute Gasteiger partial charge is 0.299 e. The molecule has 0 radical (unpaired) electrons. The van der Waals surface area contributed by atoms with Gasteiger partial charge in [-0.2, -0.15) is 0 Å². The molecule has 0 aliphatic rings. The number of pyridine rings is 1. The second-order valence-electron chi connectivity index (χ2n) is 3.86. The van der Waals surface area contributed by atoms with Crippen LogP contribution in [-0.2, 0) is 4.79 Å². The molecule has 0 saturated carbocycles. The van der Waals surface area contributed by atoms with Gasteiger partial charge in [-0.15, -0.1) is 0 Å². The van der Waals surface area contributed by atoms with Crippen molar-refractivity contribution < 1.29 is 14.0 Å². The van der Waals surface area contributed by atoms with E-state index in [1.165, 1.54) is 36.4 Å². The SMILES string of the molecule is C=CC=O.O=C(/C=C/c1cccnc1)c1ccc(F)cc1. The summed E-state index contributed by atoms with van der Waals surface area (Å²) in [4.78, 5) is 24.7. The van der Waals surface area contributed by atoms with Gasteiger partial charge in [-0.05, 0) is 54.1 Å². The highest BCUT2D eigenvalue weighted by molar-refractivity contribution is 6.06. The molecule has 106 valence electrons. The Bertz CT molecular complexity index is 613. The molecule has 0 aliphatic heterocycles. The number of nitrogens with zero attached hydrogens (tertiary/aromatic N) is 1.